The molecular weight excluding hydrogens is 317 g/mol. The summed E-state index contributed by atoms with van der Waals surface area (Å²) >= 11 is 0. The van der Waals surface area contributed by atoms with Gasteiger partial charge in [-0.05, 0) is 30.5 Å². The van der Waals surface area contributed by atoms with Crippen molar-refractivity contribution in [3.8, 4) is 0 Å². The lowest BCUT2D eigenvalue weighted by Gasteiger charge is -2.29. The second-order valence-corrected chi connectivity index (χ2v) is 5.72. The van der Waals surface area contributed by atoms with Gasteiger partial charge in [-0.2, -0.15) is 13.2 Å². The van der Waals surface area contributed by atoms with Crippen LogP contribution in [-0.4, -0.2) is 23.4 Å². The largest absolute Gasteiger partial charge is 0.416 e. The minimum Gasteiger partial charge on any atom is -0.340 e. The van der Waals surface area contributed by atoms with Crippen molar-refractivity contribution in [2.45, 2.75) is 43.9 Å². The van der Waals surface area contributed by atoms with Crippen LogP contribution in [0.3, 0.4) is 0 Å². The standard InChI is InChI=1S/C15H19F3N2O.ClH/c1-20(13(21)14(19)7-2-3-8-14)10-11-5-4-6-12(9-11)15(16,17)18;/h4-6,9H,2-3,7-8,10,19H2,1H3;1H. The number of hydrogen-bond acceptors (Lipinski definition) is 2. The molecule has 1 aliphatic rings. The SMILES string of the molecule is CN(Cc1cccc(C(F)(F)F)c1)C(=O)C1(N)CCCC1.Cl. The van der Waals surface area contributed by atoms with Crippen molar-refractivity contribution in [2.75, 3.05) is 7.05 Å². The van der Waals surface area contributed by atoms with Crippen molar-refractivity contribution in [1.29, 1.82) is 0 Å². The molecule has 0 aromatic heterocycles. The lowest BCUT2D eigenvalue weighted by atomic mass is 9.97. The van der Waals surface area contributed by atoms with Crippen molar-refractivity contribution in [1.82, 2.24) is 4.90 Å². The molecule has 0 unspecified atom stereocenters. The molecule has 0 aliphatic heterocycles. The van der Waals surface area contributed by atoms with Crippen LogP contribution in [0.1, 0.15) is 36.8 Å². The third-order valence-electron chi connectivity index (χ3n) is 3.94. The number of nitrogens with two attached hydrogens (primary N) is 1. The Bertz CT molecular complexity index is 528. The third-order valence-corrected chi connectivity index (χ3v) is 3.94. The van der Waals surface area contributed by atoms with Crippen LogP contribution in [0.4, 0.5) is 13.2 Å². The Morgan fingerprint density at radius 2 is 1.91 bits per heavy atom. The first-order valence-electron chi connectivity index (χ1n) is 6.93. The molecule has 7 heteroatoms. The van der Waals surface area contributed by atoms with Gasteiger partial charge in [-0.15, -0.1) is 12.4 Å². The predicted octanol–water partition coefficient (Wildman–Crippen LogP) is 3.36. The summed E-state index contributed by atoms with van der Waals surface area (Å²) in [6.07, 6.45) is -1.27. The normalized spacial score (nSPS) is 17.0. The highest BCUT2D eigenvalue weighted by molar-refractivity contribution is 5.86. The van der Waals surface area contributed by atoms with E-state index in [0.29, 0.717) is 18.4 Å². The maximum absolute atomic E-state index is 12.7. The van der Waals surface area contributed by atoms with E-state index >= 15 is 0 Å². The summed E-state index contributed by atoms with van der Waals surface area (Å²) in [6, 6.07) is 5.02. The predicted molar refractivity (Wildman–Crippen MR) is 80.6 cm³/mol. The van der Waals surface area contributed by atoms with E-state index in [1.54, 1.807) is 13.1 Å². The van der Waals surface area contributed by atoms with Gasteiger partial charge in [0.2, 0.25) is 5.91 Å². The van der Waals surface area contributed by atoms with Crippen molar-refractivity contribution in [3.63, 3.8) is 0 Å². The summed E-state index contributed by atoms with van der Waals surface area (Å²) in [5.41, 5.74) is 4.98. The number of likely N-dealkylation sites (N-methyl/N-ethyl adjacent to an activating group) is 1. The van der Waals surface area contributed by atoms with Crippen LogP contribution in [0.25, 0.3) is 0 Å². The van der Waals surface area contributed by atoms with E-state index in [1.165, 1.54) is 11.0 Å². The van der Waals surface area contributed by atoms with Crippen LogP contribution in [-0.2, 0) is 17.5 Å². The van der Waals surface area contributed by atoms with Gasteiger partial charge in [0.05, 0.1) is 11.1 Å². The third kappa shape index (κ3) is 4.14. The number of halogens is 4. The Morgan fingerprint density at radius 1 is 1.32 bits per heavy atom. The van der Waals surface area contributed by atoms with E-state index in [9.17, 15) is 18.0 Å². The molecule has 0 heterocycles. The second kappa shape index (κ2) is 6.87. The number of benzene rings is 1. The van der Waals surface area contributed by atoms with Gasteiger partial charge in [-0.3, -0.25) is 4.79 Å². The first-order valence-corrected chi connectivity index (χ1v) is 6.93. The molecule has 0 atom stereocenters. The summed E-state index contributed by atoms with van der Waals surface area (Å²) in [6.45, 7) is 0.127. The van der Waals surface area contributed by atoms with Gasteiger partial charge >= 0.3 is 6.18 Å². The van der Waals surface area contributed by atoms with Crippen LogP contribution in [0.2, 0.25) is 0 Å². The number of carbonyl (C=O) groups is 1. The number of hydrogen-bond donors (Lipinski definition) is 1. The number of rotatable bonds is 3. The minimum absolute atomic E-state index is 0. The molecule has 1 aliphatic carbocycles. The summed E-state index contributed by atoms with van der Waals surface area (Å²) in [5, 5.41) is 0. The number of amides is 1. The van der Waals surface area contributed by atoms with E-state index < -0.39 is 17.3 Å². The van der Waals surface area contributed by atoms with Crippen LogP contribution >= 0.6 is 12.4 Å². The molecule has 0 spiro atoms. The summed E-state index contributed by atoms with van der Waals surface area (Å²) in [4.78, 5) is 13.7. The van der Waals surface area contributed by atoms with Crippen LogP contribution in [0.15, 0.2) is 24.3 Å². The molecule has 1 saturated carbocycles. The molecule has 22 heavy (non-hydrogen) atoms. The lowest BCUT2D eigenvalue weighted by Crippen LogP contribution is -2.52. The maximum Gasteiger partial charge on any atom is 0.416 e. The Labute approximate surface area is 134 Å². The van der Waals surface area contributed by atoms with Gasteiger partial charge in [-0.25, -0.2) is 0 Å². The highest BCUT2D eigenvalue weighted by Gasteiger charge is 2.39. The molecular formula is C15H20ClF3N2O. The van der Waals surface area contributed by atoms with Gasteiger partial charge in [0.25, 0.3) is 0 Å². The Kier molecular flexibility index (Phi) is 5.87. The topological polar surface area (TPSA) is 46.3 Å². The zero-order valence-electron chi connectivity index (χ0n) is 12.3. The van der Waals surface area contributed by atoms with Gasteiger partial charge in [0, 0.05) is 13.6 Å². The van der Waals surface area contributed by atoms with Crippen LogP contribution in [0.5, 0.6) is 0 Å². The van der Waals surface area contributed by atoms with Gasteiger partial charge in [-0.1, -0.05) is 25.0 Å². The quantitative estimate of drug-likeness (QED) is 0.920. The number of carbonyl (C=O) groups excluding carboxylic acids is 1. The number of alkyl halides is 3. The van der Waals surface area contributed by atoms with Gasteiger partial charge < -0.3 is 10.6 Å². The van der Waals surface area contributed by atoms with Crippen molar-refractivity contribution >= 4 is 18.3 Å². The molecule has 124 valence electrons. The molecule has 0 bridgehead atoms. The summed E-state index contributed by atoms with van der Waals surface area (Å²) in [5.74, 6) is -0.197. The van der Waals surface area contributed by atoms with Crippen molar-refractivity contribution in [3.05, 3.63) is 35.4 Å². The molecule has 2 rings (SSSR count). The first-order chi connectivity index (χ1) is 9.72. The fourth-order valence-electron chi connectivity index (χ4n) is 2.79. The maximum atomic E-state index is 12.7. The van der Waals surface area contributed by atoms with E-state index in [-0.39, 0.29) is 24.9 Å². The molecule has 1 aromatic carbocycles. The molecule has 2 N–H and O–H groups in total. The van der Waals surface area contributed by atoms with Crippen molar-refractivity contribution in [2.24, 2.45) is 5.73 Å². The number of nitrogens with zero attached hydrogens (tertiary/aromatic N) is 1. The average Bonchev–Trinajstić information content (AvgIpc) is 2.85. The van der Waals surface area contributed by atoms with E-state index in [1.807, 2.05) is 0 Å². The van der Waals surface area contributed by atoms with E-state index in [2.05, 4.69) is 0 Å². The summed E-state index contributed by atoms with van der Waals surface area (Å²) < 4.78 is 38.0. The minimum atomic E-state index is -4.38. The van der Waals surface area contributed by atoms with Gasteiger partial charge in [0.1, 0.15) is 0 Å². The van der Waals surface area contributed by atoms with Crippen molar-refractivity contribution < 1.29 is 18.0 Å². The average molecular weight is 337 g/mol. The molecule has 3 nitrogen and oxygen atoms in total. The Morgan fingerprint density at radius 3 is 2.45 bits per heavy atom. The second-order valence-electron chi connectivity index (χ2n) is 5.72. The first kappa shape index (κ1) is 18.8. The fourth-order valence-corrected chi connectivity index (χ4v) is 2.79. The Hall–Kier alpha value is -1.27. The Balaban J connectivity index is 0.00000242. The van der Waals surface area contributed by atoms with E-state index in [0.717, 1.165) is 25.0 Å². The zero-order chi connectivity index (χ0) is 15.7. The smallest absolute Gasteiger partial charge is 0.340 e. The van der Waals surface area contributed by atoms with Gasteiger partial charge in [0.15, 0.2) is 0 Å². The zero-order valence-corrected chi connectivity index (χ0v) is 13.1. The monoisotopic (exact) mass is 336 g/mol. The van der Waals surface area contributed by atoms with E-state index in [4.69, 9.17) is 5.73 Å². The highest BCUT2D eigenvalue weighted by Crippen LogP contribution is 2.31. The molecule has 0 radical (unpaired) electrons. The van der Waals surface area contributed by atoms with Crippen LogP contribution < -0.4 is 5.73 Å². The highest BCUT2D eigenvalue weighted by atomic mass is 35.5. The fraction of sp³-hybridized carbons (Fsp3) is 0.533. The molecule has 1 fully saturated rings. The molecule has 1 aromatic rings. The molecule has 0 saturated heterocycles. The summed E-state index contributed by atoms with van der Waals surface area (Å²) in [7, 11) is 1.58. The lowest BCUT2D eigenvalue weighted by molar-refractivity contribution is -0.137. The van der Waals surface area contributed by atoms with Crippen LogP contribution in [0, 0.1) is 0 Å². The molecule has 1 amide bonds.